The Morgan fingerprint density at radius 2 is 2.31 bits per heavy atom. The second-order valence-electron chi connectivity index (χ2n) is 3.37. The van der Waals surface area contributed by atoms with Gasteiger partial charge in [0.1, 0.15) is 5.69 Å². The predicted octanol–water partition coefficient (Wildman–Crippen LogP) is 1.13. The molecule has 0 saturated carbocycles. The van der Waals surface area contributed by atoms with Crippen LogP contribution in [0, 0.1) is 0 Å². The number of aromatic nitrogens is 4. The van der Waals surface area contributed by atoms with Crippen LogP contribution >= 0.6 is 15.9 Å². The zero-order valence-electron chi connectivity index (χ0n) is 8.46. The average molecular weight is 285 g/mol. The Morgan fingerprint density at radius 3 is 2.81 bits per heavy atom. The van der Waals surface area contributed by atoms with Gasteiger partial charge in [-0.2, -0.15) is 0 Å². The molecule has 0 unspecified atom stereocenters. The molecule has 2 rings (SSSR count). The van der Waals surface area contributed by atoms with Crippen LogP contribution in [0.15, 0.2) is 23.1 Å². The van der Waals surface area contributed by atoms with E-state index in [9.17, 15) is 4.79 Å². The van der Waals surface area contributed by atoms with Crippen LogP contribution in [0.2, 0.25) is 0 Å². The van der Waals surface area contributed by atoms with Crippen molar-refractivity contribution in [2.75, 3.05) is 0 Å². The molecule has 6 nitrogen and oxygen atoms in total. The van der Waals surface area contributed by atoms with Crippen LogP contribution in [0.25, 0.3) is 0 Å². The molecular weight excluding hydrogens is 276 g/mol. The van der Waals surface area contributed by atoms with Gasteiger partial charge in [0.2, 0.25) is 0 Å². The number of nitrogens with zero attached hydrogens (tertiary/aromatic N) is 4. The van der Waals surface area contributed by atoms with Gasteiger partial charge in [0.05, 0.1) is 16.7 Å². The first-order valence-electron chi connectivity index (χ1n) is 4.50. The third-order valence-corrected chi connectivity index (χ3v) is 2.76. The van der Waals surface area contributed by atoms with Crippen molar-refractivity contribution in [1.29, 1.82) is 0 Å². The number of carboxylic acids is 1. The van der Waals surface area contributed by atoms with Crippen molar-refractivity contribution in [3.05, 3.63) is 34.3 Å². The zero-order chi connectivity index (χ0) is 11.7. The number of aryl methyl sites for hydroxylation is 1. The van der Waals surface area contributed by atoms with E-state index in [2.05, 4.69) is 26.2 Å². The lowest BCUT2D eigenvalue weighted by atomic mass is 10.3. The summed E-state index contributed by atoms with van der Waals surface area (Å²) in [6.07, 6.45) is 3.34. The molecule has 0 fully saturated rings. The number of hydrogen-bond donors (Lipinski definition) is 1. The number of carboxylic acid groups (broad SMARTS) is 1. The summed E-state index contributed by atoms with van der Waals surface area (Å²) in [7, 11) is 1.78. The van der Waals surface area contributed by atoms with Crippen LogP contribution in [0.5, 0.6) is 0 Å². The Balaban J connectivity index is 2.24. The molecule has 16 heavy (non-hydrogen) atoms. The van der Waals surface area contributed by atoms with E-state index in [0.717, 1.165) is 5.69 Å². The van der Waals surface area contributed by atoms with E-state index < -0.39 is 5.97 Å². The highest BCUT2D eigenvalue weighted by Crippen LogP contribution is 2.16. The van der Waals surface area contributed by atoms with Crippen molar-refractivity contribution in [2.24, 2.45) is 7.05 Å². The molecule has 0 amide bonds. The summed E-state index contributed by atoms with van der Waals surface area (Å²) in [5, 5.41) is 16.6. The maximum atomic E-state index is 10.8. The molecule has 2 heterocycles. The zero-order valence-corrected chi connectivity index (χ0v) is 10.0. The molecule has 2 aromatic rings. The van der Waals surface area contributed by atoms with Crippen molar-refractivity contribution in [2.45, 2.75) is 6.54 Å². The van der Waals surface area contributed by atoms with E-state index in [1.54, 1.807) is 34.8 Å². The van der Waals surface area contributed by atoms with Gasteiger partial charge < -0.3 is 9.67 Å². The van der Waals surface area contributed by atoms with Crippen LogP contribution in [0.3, 0.4) is 0 Å². The molecule has 84 valence electrons. The fraction of sp³-hybridized carbons (Fsp3) is 0.222. The van der Waals surface area contributed by atoms with Gasteiger partial charge in [-0.15, -0.1) is 5.10 Å². The van der Waals surface area contributed by atoms with Crippen LogP contribution in [-0.2, 0) is 13.6 Å². The summed E-state index contributed by atoms with van der Waals surface area (Å²) in [5.41, 5.74) is 1.02. The molecule has 0 saturated heterocycles. The Hall–Kier alpha value is -1.63. The second-order valence-corrected chi connectivity index (χ2v) is 4.18. The van der Waals surface area contributed by atoms with E-state index in [-0.39, 0.29) is 5.56 Å². The summed E-state index contributed by atoms with van der Waals surface area (Å²) in [6, 6.07) is 1.55. The summed E-state index contributed by atoms with van der Waals surface area (Å²) in [5.74, 6) is -0.946. The Kier molecular flexibility index (Phi) is 2.78. The molecular formula is C9H9BrN4O2. The van der Waals surface area contributed by atoms with Crippen LogP contribution in [0.4, 0.5) is 0 Å². The minimum absolute atomic E-state index is 0.246. The maximum Gasteiger partial charge on any atom is 0.337 e. The minimum Gasteiger partial charge on any atom is -0.478 e. The standard InChI is InChI=1S/C9H9BrN4O2/c1-13-4-7(11-12-13)5-14-3-6(9(15)16)2-8(14)10/h2-4H,5H2,1H3,(H,15,16). The van der Waals surface area contributed by atoms with Gasteiger partial charge in [0, 0.05) is 19.4 Å². The number of rotatable bonds is 3. The lowest BCUT2D eigenvalue weighted by Crippen LogP contribution is -1.99. The Morgan fingerprint density at radius 1 is 1.56 bits per heavy atom. The summed E-state index contributed by atoms with van der Waals surface area (Å²) >= 11 is 3.29. The maximum absolute atomic E-state index is 10.8. The summed E-state index contributed by atoms with van der Waals surface area (Å²) in [6.45, 7) is 0.488. The van der Waals surface area contributed by atoms with Gasteiger partial charge in [-0.3, -0.25) is 4.68 Å². The molecule has 0 atom stereocenters. The van der Waals surface area contributed by atoms with Crippen molar-refractivity contribution >= 4 is 21.9 Å². The molecule has 0 spiro atoms. The second kappa shape index (κ2) is 4.09. The number of halogens is 1. The van der Waals surface area contributed by atoms with E-state index in [0.29, 0.717) is 11.1 Å². The highest BCUT2D eigenvalue weighted by atomic mass is 79.9. The van der Waals surface area contributed by atoms with E-state index in [1.807, 2.05) is 0 Å². The third-order valence-electron chi connectivity index (χ3n) is 2.07. The first-order chi connectivity index (χ1) is 7.56. The van der Waals surface area contributed by atoms with Crippen LogP contribution in [0.1, 0.15) is 16.1 Å². The highest BCUT2D eigenvalue weighted by Gasteiger charge is 2.10. The molecule has 0 aliphatic rings. The molecule has 0 aromatic carbocycles. The van der Waals surface area contributed by atoms with Crippen molar-refractivity contribution in [3.8, 4) is 0 Å². The number of carbonyl (C=O) groups is 1. The number of aromatic carboxylic acids is 1. The van der Waals surface area contributed by atoms with Crippen LogP contribution in [-0.4, -0.2) is 30.6 Å². The topological polar surface area (TPSA) is 72.9 Å². The lowest BCUT2D eigenvalue weighted by Gasteiger charge is -2.00. The predicted molar refractivity (Wildman–Crippen MR) is 59.2 cm³/mol. The molecule has 7 heteroatoms. The fourth-order valence-corrected chi connectivity index (χ4v) is 1.83. The Labute approximate surface area is 99.6 Å². The Bertz CT molecular complexity index is 531. The minimum atomic E-state index is -0.946. The van der Waals surface area contributed by atoms with Gasteiger partial charge in [-0.1, -0.05) is 5.21 Å². The quantitative estimate of drug-likeness (QED) is 0.917. The van der Waals surface area contributed by atoms with E-state index >= 15 is 0 Å². The van der Waals surface area contributed by atoms with Crippen molar-refractivity contribution in [3.63, 3.8) is 0 Å². The smallest absolute Gasteiger partial charge is 0.337 e. The largest absolute Gasteiger partial charge is 0.478 e. The number of hydrogen-bond acceptors (Lipinski definition) is 3. The highest BCUT2D eigenvalue weighted by molar-refractivity contribution is 9.10. The van der Waals surface area contributed by atoms with Gasteiger partial charge in [0.25, 0.3) is 0 Å². The van der Waals surface area contributed by atoms with E-state index in [1.165, 1.54) is 0 Å². The molecule has 0 bridgehead atoms. The summed E-state index contributed by atoms with van der Waals surface area (Å²) < 4.78 is 4.06. The normalized spacial score (nSPS) is 10.6. The molecule has 1 N–H and O–H groups in total. The van der Waals surface area contributed by atoms with Crippen molar-refractivity contribution in [1.82, 2.24) is 19.6 Å². The van der Waals surface area contributed by atoms with Crippen molar-refractivity contribution < 1.29 is 9.90 Å². The fourth-order valence-electron chi connectivity index (χ4n) is 1.36. The van der Waals surface area contributed by atoms with Crippen LogP contribution < -0.4 is 0 Å². The molecule has 0 radical (unpaired) electrons. The summed E-state index contributed by atoms with van der Waals surface area (Å²) in [4.78, 5) is 10.8. The SMILES string of the molecule is Cn1cc(Cn2cc(C(=O)O)cc2Br)nn1. The molecule has 2 aromatic heterocycles. The molecule has 0 aliphatic carbocycles. The van der Waals surface area contributed by atoms with Gasteiger partial charge in [0.15, 0.2) is 0 Å². The van der Waals surface area contributed by atoms with E-state index in [4.69, 9.17) is 5.11 Å². The van der Waals surface area contributed by atoms with Gasteiger partial charge in [-0.25, -0.2) is 4.79 Å². The third kappa shape index (κ3) is 2.13. The average Bonchev–Trinajstić information content (AvgIpc) is 2.75. The first kappa shape index (κ1) is 10.9. The van der Waals surface area contributed by atoms with Gasteiger partial charge in [-0.05, 0) is 22.0 Å². The monoisotopic (exact) mass is 284 g/mol. The lowest BCUT2D eigenvalue weighted by molar-refractivity contribution is 0.0697. The molecule has 0 aliphatic heterocycles. The van der Waals surface area contributed by atoms with Gasteiger partial charge >= 0.3 is 5.97 Å². The first-order valence-corrected chi connectivity index (χ1v) is 5.30.